The fourth-order valence-electron chi connectivity index (χ4n) is 1.49. The first kappa shape index (κ1) is 12.6. The van der Waals surface area contributed by atoms with Crippen LogP contribution >= 0.6 is 11.3 Å². The van der Waals surface area contributed by atoms with Gasteiger partial charge >= 0.3 is 0 Å². The Hall–Kier alpha value is -1.89. The summed E-state index contributed by atoms with van der Waals surface area (Å²) < 4.78 is 5.05. The number of rotatable bonds is 4. The molecule has 0 aliphatic heterocycles. The number of aryl methyl sites for hydroxylation is 1. The average molecular weight is 265 g/mol. The van der Waals surface area contributed by atoms with Crippen molar-refractivity contribution in [2.45, 2.75) is 19.9 Å². The van der Waals surface area contributed by atoms with Crippen molar-refractivity contribution in [1.82, 2.24) is 15.0 Å². The van der Waals surface area contributed by atoms with Gasteiger partial charge in [-0.1, -0.05) is 0 Å². The molecule has 3 N–H and O–H groups in total. The van der Waals surface area contributed by atoms with E-state index in [2.05, 4.69) is 20.3 Å². The third-order valence-corrected chi connectivity index (χ3v) is 3.55. The summed E-state index contributed by atoms with van der Waals surface area (Å²) in [4.78, 5) is 12.5. The Balaban J connectivity index is 2.19. The minimum atomic E-state index is 0.0330. The molecular weight excluding hydrogens is 250 g/mol. The molecule has 96 valence electrons. The Morgan fingerprint density at radius 2 is 2.22 bits per heavy atom. The lowest BCUT2D eigenvalue weighted by atomic mass is 10.3. The first-order valence-electron chi connectivity index (χ1n) is 5.45. The zero-order valence-corrected chi connectivity index (χ0v) is 11.3. The summed E-state index contributed by atoms with van der Waals surface area (Å²) in [5.74, 6) is 0.928. The largest absolute Gasteiger partial charge is 0.479 e. The van der Waals surface area contributed by atoms with Gasteiger partial charge in [0.25, 0.3) is 0 Å². The number of nitrogens with two attached hydrogens (primary N) is 1. The molecule has 0 bridgehead atoms. The number of thiazole rings is 1. The third kappa shape index (κ3) is 2.51. The molecule has 1 atom stereocenters. The van der Waals surface area contributed by atoms with E-state index < -0.39 is 0 Å². The van der Waals surface area contributed by atoms with Gasteiger partial charge in [-0.05, 0) is 13.8 Å². The zero-order chi connectivity index (χ0) is 13.1. The lowest BCUT2D eigenvalue weighted by molar-refractivity contribution is 0.399. The normalized spacial score (nSPS) is 12.2. The van der Waals surface area contributed by atoms with Gasteiger partial charge in [0, 0.05) is 11.1 Å². The van der Waals surface area contributed by atoms with Crippen LogP contribution in [0.1, 0.15) is 23.7 Å². The minimum absolute atomic E-state index is 0.0330. The van der Waals surface area contributed by atoms with Crippen LogP contribution in [0.15, 0.2) is 11.7 Å². The van der Waals surface area contributed by atoms with E-state index in [1.807, 2.05) is 19.2 Å². The van der Waals surface area contributed by atoms with E-state index in [1.54, 1.807) is 11.3 Å². The molecule has 1 unspecified atom stereocenters. The SMILES string of the molecule is COc1ncnc(NC(C)c2nc(C)cs2)c1N. The van der Waals surface area contributed by atoms with Gasteiger partial charge in [0.15, 0.2) is 5.82 Å². The molecule has 7 heteroatoms. The molecule has 2 heterocycles. The number of nitrogen functional groups attached to an aromatic ring is 1. The topological polar surface area (TPSA) is 86.0 Å². The number of aromatic nitrogens is 3. The van der Waals surface area contributed by atoms with Gasteiger partial charge in [0.2, 0.25) is 5.88 Å². The van der Waals surface area contributed by atoms with E-state index in [0.717, 1.165) is 10.7 Å². The Morgan fingerprint density at radius 1 is 1.44 bits per heavy atom. The summed E-state index contributed by atoms with van der Waals surface area (Å²) in [6, 6.07) is 0.0330. The fourth-order valence-corrected chi connectivity index (χ4v) is 2.30. The van der Waals surface area contributed by atoms with Gasteiger partial charge in [-0.2, -0.15) is 4.98 Å². The lowest BCUT2D eigenvalue weighted by Crippen LogP contribution is -2.11. The lowest BCUT2D eigenvalue weighted by Gasteiger charge is -2.14. The van der Waals surface area contributed by atoms with E-state index in [4.69, 9.17) is 10.5 Å². The van der Waals surface area contributed by atoms with Crippen molar-refractivity contribution in [2.24, 2.45) is 0 Å². The number of anilines is 2. The van der Waals surface area contributed by atoms with Crippen LogP contribution in [0.25, 0.3) is 0 Å². The molecule has 0 amide bonds. The van der Waals surface area contributed by atoms with Crippen LogP contribution in [-0.4, -0.2) is 22.1 Å². The Labute approximate surface area is 109 Å². The van der Waals surface area contributed by atoms with E-state index in [9.17, 15) is 0 Å². The highest BCUT2D eigenvalue weighted by atomic mass is 32.1. The summed E-state index contributed by atoms with van der Waals surface area (Å²) in [6.07, 6.45) is 1.41. The maximum Gasteiger partial charge on any atom is 0.242 e. The molecule has 0 saturated carbocycles. The monoisotopic (exact) mass is 265 g/mol. The van der Waals surface area contributed by atoms with Crippen LogP contribution < -0.4 is 15.8 Å². The molecule has 18 heavy (non-hydrogen) atoms. The standard InChI is InChI=1S/C11H15N5OS/c1-6-4-18-11(15-6)7(2)16-9-8(12)10(17-3)14-5-13-9/h4-5,7H,12H2,1-3H3,(H,13,14,16). The quantitative estimate of drug-likeness (QED) is 0.879. The molecule has 0 aromatic carbocycles. The maximum atomic E-state index is 5.90. The van der Waals surface area contributed by atoms with Crippen molar-refractivity contribution in [3.05, 3.63) is 22.4 Å². The number of nitrogens with zero attached hydrogens (tertiary/aromatic N) is 3. The van der Waals surface area contributed by atoms with E-state index in [0.29, 0.717) is 17.4 Å². The van der Waals surface area contributed by atoms with Crippen LogP contribution in [0, 0.1) is 6.92 Å². The molecule has 0 aliphatic carbocycles. The summed E-state index contributed by atoms with van der Waals surface area (Å²) in [5, 5.41) is 6.21. The maximum absolute atomic E-state index is 5.90. The molecule has 2 aromatic heterocycles. The number of hydrogen-bond acceptors (Lipinski definition) is 7. The number of ether oxygens (including phenoxy) is 1. The summed E-state index contributed by atoms with van der Waals surface area (Å²) >= 11 is 1.60. The molecule has 0 aliphatic rings. The second-order valence-electron chi connectivity index (χ2n) is 3.84. The molecule has 0 radical (unpaired) electrons. The van der Waals surface area contributed by atoms with Gasteiger partial charge in [-0.25, -0.2) is 9.97 Å². The fraction of sp³-hybridized carbons (Fsp3) is 0.364. The van der Waals surface area contributed by atoms with Crippen molar-refractivity contribution in [3.63, 3.8) is 0 Å². The Morgan fingerprint density at radius 3 is 2.83 bits per heavy atom. The van der Waals surface area contributed by atoms with Gasteiger partial charge in [-0.15, -0.1) is 11.3 Å². The summed E-state index contributed by atoms with van der Waals surface area (Å²) in [5.41, 5.74) is 7.31. The van der Waals surface area contributed by atoms with Gasteiger partial charge < -0.3 is 15.8 Å². The van der Waals surface area contributed by atoms with Crippen molar-refractivity contribution in [2.75, 3.05) is 18.2 Å². The molecular formula is C11H15N5OS. The van der Waals surface area contributed by atoms with E-state index in [1.165, 1.54) is 13.4 Å². The van der Waals surface area contributed by atoms with Crippen LogP contribution in [0.3, 0.4) is 0 Å². The first-order chi connectivity index (χ1) is 8.61. The highest BCUT2D eigenvalue weighted by molar-refractivity contribution is 7.09. The second-order valence-corrected chi connectivity index (χ2v) is 4.73. The number of nitrogens with one attached hydrogen (secondary N) is 1. The highest BCUT2D eigenvalue weighted by Gasteiger charge is 2.14. The Kier molecular flexibility index (Phi) is 3.61. The van der Waals surface area contributed by atoms with Crippen molar-refractivity contribution < 1.29 is 4.74 Å². The van der Waals surface area contributed by atoms with Crippen LogP contribution in [-0.2, 0) is 0 Å². The molecule has 6 nitrogen and oxygen atoms in total. The molecule has 0 spiro atoms. The second kappa shape index (κ2) is 5.18. The average Bonchev–Trinajstić information content (AvgIpc) is 2.78. The highest BCUT2D eigenvalue weighted by Crippen LogP contribution is 2.28. The van der Waals surface area contributed by atoms with Gasteiger partial charge in [-0.3, -0.25) is 0 Å². The molecule has 0 saturated heterocycles. The number of hydrogen-bond donors (Lipinski definition) is 2. The van der Waals surface area contributed by atoms with Crippen molar-refractivity contribution in [3.8, 4) is 5.88 Å². The molecule has 2 rings (SSSR count). The van der Waals surface area contributed by atoms with Crippen molar-refractivity contribution in [1.29, 1.82) is 0 Å². The van der Waals surface area contributed by atoms with Crippen molar-refractivity contribution >= 4 is 22.8 Å². The first-order valence-corrected chi connectivity index (χ1v) is 6.32. The van der Waals surface area contributed by atoms with Crippen LogP contribution in [0.2, 0.25) is 0 Å². The molecule has 2 aromatic rings. The minimum Gasteiger partial charge on any atom is -0.479 e. The van der Waals surface area contributed by atoms with E-state index >= 15 is 0 Å². The van der Waals surface area contributed by atoms with Gasteiger partial charge in [0.1, 0.15) is 17.0 Å². The predicted molar refractivity (Wildman–Crippen MR) is 71.9 cm³/mol. The summed E-state index contributed by atoms with van der Waals surface area (Å²) in [6.45, 7) is 3.97. The van der Waals surface area contributed by atoms with E-state index in [-0.39, 0.29) is 6.04 Å². The Bertz CT molecular complexity index is 542. The van der Waals surface area contributed by atoms with Crippen LogP contribution in [0.4, 0.5) is 11.5 Å². The number of methoxy groups -OCH3 is 1. The third-order valence-electron chi connectivity index (χ3n) is 2.40. The smallest absolute Gasteiger partial charge is 0.242 e. The summed E-state index contributed by atoms with van der Waals surface area (Å²) in [7, 11) is 1.52. The van der Waals surface area contributed by atoms with Crippen LogP contribution in [0.5, 0.6) is 5.88 Å². The molecule has 0 fully saturated rings. The predicted octanol–water partition coefficient (Wildman–Crippen LogP) is 2.01. The zero-order valence-electron chi connectivity index (χ0n) is 10.5. The van der Waals surface area contributed by atoms with Gasteiger partial charge in [0.05, 0.1) is 13.2 Å².